The third-order valence-electron chi connectivity index (χ3n) is 6.27. The number of nitrogens with zero attached hydrogens (tertiary/aromatic N) is 2. The molecule has 0 bridgehead atoms. The Bertz CT molecular complexity index is 1520. The summed E-state index contributed by atoms with van der Waals surface area (Å²) in [6.45, 7) is 0.0301. The van der Waals surface area contributed by atoms with Gasteiger partial charge in [0.1, 0.15) is 0 Å². The van der Waals surface area contributed by atoms with Crippen molar-refractivity contribution in [2.75, 3.05) is 28.4 Å². The maximum atomic E-state index is 13.2. The lowest BCUT2D eigenvalue weighted by molar-refractivity contribution is -0.688. The quantitative estimate of drug-likeness (QED) is 0.108. The average molecular weight is 582 g/mol. The topological polar surface area (TPSA) is 101 Å². The van der Waals surface area contributed by atoms with Crippen molar-refractivity contribution in [3.63, 3.8) is 0 Å². The number of methoxy groups -OCH3 is 4. The van der Waals surface area contributed by atoms with E-state index in [4.69, 9.17) is 18.9 Å². The monoisotopic (exact) mass is 581 g/mol. The molecule has 4 aromatic rings. The molecule has 0 aliphatic carbocycles. The highest BCUT2D eigenvalue weighted by atomic mass is 79.9. The Labute approximate surface area is 227 Å². The summed E-state index contributed by atoms with van der Waals surface area (Å²) >= 11 is 3.64. The van der Waals surface area contributed by atoms with Gasteiger partial charge in [-0.05, 0) is 47.3 Å². The summed E-state index contributed by atoms with van der Waals surface area (Å²) < 4.78 is 24.7. The van der Waals surface area contributed by atoms with E-state index in [1.54, 1.807) is 28.4 Å². The molecule has 9 nitrogen and oxygen atoms in total. The molecule has 1 aromatic heterocycles. The lowest BCUT2D eigenvalue weighted by Gasteiger charge is -2.14. The Kier molecular flexibility index (Phi) is 8.11. The number of carbonyl (C=O) groups excluding carboxylic acids is 1. The van der Waals surface area contributed by atoms with Crippen LogP contribution in [-0.4, -0.2) is 39.1 Å². The van der Waals surface area contributed by atoms with Crippen LogP contribution in [0.4, 0.5) is 5.69 Å². The molecule has 3 aromatic carbocycles. The number of halogens is 1. The molecule has 0 atom stereocenters. The van der Waals surface area contributed by atoms with Crippen molar-refractivity contribution in [1.29, 1.82) is 0 Å². The zero-order valence-electron chi connectivity index (χ0n) is 21.3. The average Bonchev–Trinajstić information content (AvgIpc) is 2.93. The second-order valence-electron chi connectivity index (χ2n) is 8.39. The first kappa shape index (κ1) is 26.9. The van der Waals surface area contributed by atoms with Crippen LogP contribution in [-0.2, 0) is 13.0 Å². The Morgan fingerprint density at radius 3 is 2.05 bits per heavy atom. The summed E-state index contributed by atoms with van der Waals surface area (Å²) in [6.07, 6.45) is 2.29. The van der Waals surface area contributed by atoms with Gasteiger partial charge in [-0.25, -0.2) is 0 Å². The first-order valence-electron chi connectivity index (χ1n) is 11.5. The van der Waals surface area contributed by atoms with E-state index in [2.05, 4.69) is 15.9 Å². The van der Waals surface area contributed by atoms with Gasteiger partial charge < -0.3 is 18.9 Å². The second-order valence-corrected chi connectivity index (χ2v) is 9.24. The van der Waals surface area contributed by atoms with E-state index in [9.17, 15) is 14.9 Å². The highest BCUT2D eigenvalue weighted by molar-refractivity contribution is 9.10. The Morgan fingerprint density at radius 2 is 1.45 bits per heavy atom. The van der Waals surface area contributed by atoms with Gasteiger partial charge in [0.2, 0.25) is 12.3 Å². The zero-order valence-corrected chi connectivity index (χ0v) is 22.9. The van der Waals surface area contributed by atoms with E-state index in [-0.39, 0.29) is 18.0 Å². The minimum absolute atomic E-state index is 0.0301. The van der Waals surface area contributed by atoms with E-state index < -0.39 is 4.92 Å². The predicted molar refractivity (Wildman–Crippen MR) is 145 cm³/mol. The molecule has 38 heavy (non-hydrogen) atoms. The molecule has 0 radical (unpaired) electrons. The van der Waals surface area contributed by atoms with Crippen molar-refractivity contribution in [3.05, 3.63) is 92.2 Å². The van der Waals surface area contributed by atoms with Crippen LogP contribution in [0.1, 0.15) is 21.6 Å². The van der Waals surface area contributed by atoms with Crippen LogP contribution in [0, 0.1) is 10.1 Å². The number of fused-ring (bicyclic) bond motifs is 1. The fraction of sp³-hybridized carbons (Fsp3) is 0.214. The molecular weight excluding hydrogens is 556 g/mol. The van der Waals surface area contributed by atoms with Crippen molar-refractivity contribution in [2.45, 2.75) is 13.0 Å². The molecule has 0 aliphatic rings. The summed E-state index contributed by atoms with van der Waals surface area (Å²) in [5.74, 6) is 2.15. The van der Waals surface area contributed by atoms with Gasteiger partial charge in [0.15, 0.2) is 34.9 Å². The first-order valence-corrected chi connectivity index (χ1v) is 12.3. The lowest BCUT2D eigenvalue weighted by atomic mass is 10.0. The largest absolute Gasteiger partial charge is 0.493 e. The van der Waals surface area contributed by atoms with E-state index in [1.807, 2.05) is 41.1 Å². The molecule has 1 heterocycles. The molecule has 0 spiro atoms. The number of ether oxygens (including phenoxy) is 4. The number of hydrogen-bond donors (Lipinski definition) is 0. The number of rotatable bonds is 10. The summed E-state index contributed by atoms with van der Waals surface area (Å²) in [7, 11) is 6.31. The third kappa shape index (κ3) is 5.40. The molecule has 0 aliphatic heterocycles. The minimum Gasteiger partial charge on any atom is -0.493 e. The van der Waals surface area contributed by atoms with Crippen molar-refractivity contribution in [1.82, 2.24) is 0 Å². The molecule has 0 unspecified atom stereocenters. The fourth-order valence-corrected chi connectivity index (χ4v) is 4.73. The van der Waals surface area contributed by atoms with E-state index >= 15 is 0 Å². The molecular formula is C28H26BrN2O7+. The summed E-state index contributed by atoms with van der Waals surface area (Å²) in [5.41, 5.74) is 2.09. The maximum Gasteiger partial charge on any atom is 0.269 e. The van der Waals surface area contributed by atoms with Gasteiger partial charge in [0, 0.05) is 28.2 Å². The summed E-state index contributed by atoms with van der Waals surface area (Å²) in [4.78, 5) is 23.7. The number of non-ortho nitro benzene ring substituents is 1. The Morgan fingerprint density at radius 1 is 0.868 bits per heavy atom. The van der Waals surface area contributed by atoms with Gasteiger partial charge in [-0.15, -0.1) is 0 Å². The SMILES string of the molecule is COc1cc(Br)c(Cc2c3cc(OC)c(OC)cc3cc[n+]2CC(=O)c2ccc([N+](=O)[O-])cc2)cc1OC. The molecule has 10 heteroatoms. The van der Waals surface area contributed by atoms with E-state index in [0.29, 0.717) is 35.0 Å². The van der Waals surface area contributed by atoms with Crippen molar-refractivity contribution in [2.24, 2.45) is 0 Å². The standard InChI is InChI=1S/C28H26BrN2O7/c1-35-25-12-18-9-10-30(16-24(32)17-5-7-20(8-6-17)31(33)34)23(21(18)14-27(25)37-3)11-19-13-26(36-2)28(38-4)15-22(19)29/h5-10,12-15H,11,16H2,1-4H3/q+1. The van der Waals surface area contributed by atoms with Crippen molar-refractivity contribution >= 4 is 38.2 Å². The number of benzene rings is 3. The molecule has 0 fully saturated rings. The second kappa shape index (κ2) is 11.5. The maximum absolute atomic E-state index is 13.2. The molecule has 0 saturated heterocycles. The Hall–Kier alpha value is -4.18. The normalized spacial score (nSPS) is 10.8. The number of carbonyl (C=O) groups is 1. The van der Waals surface area contributed by atoms with Crippen molar-refractivity contribution in [3.8, 4) is 23.0 Å². The molecule has 196 valence electrons. The van der Waals surface area contributed by atoms with E-state index in [1.165, 1.54) is 24.3 Å². The van der Waals surface area contributed by atoms with Crippen molar-refractivity contribution < 1.29 is 33.2 Å². The number of nitro benzene ring substituents is 1. The van der Waals surface area contributed by atoms with Crippen LogP contribution in [0.2, 0.25) is 0 Å². The molecule has 0 saturated carbocycles. The molecule has 0 amide bonds. The molecule has 4 rings (SSSR count). The van der Waals surface area contributed by atoms with Gasteiger partial charge in [0.25, 0.3) is 5.69 Å². The van der Waals surface area contributed by atoms with Crippen LogP contribution in [0.15, 0.2) is 65.3 Å². The van der Waals surface area contributed by atoms with Crippen LogP contribution < -0.4 is 23.5 Å². The number of aromatic nitrogens is 1. The minimum atomic E-state index is -0.493. The number of ketones is 1. The zero-order chi connectivity index (χ0) is 27.4. The van der Waals surface area contributed by atoms with Crippen LogP contribution in [0.25, 0.3) is 10.8 Å². The van der Waals surface area contributed by atoms with Crippen LogP contribution in [0.5, 0.6) is 23.0 Å². The number of pyridine rings is 1. The van der Waals surface area contributed by atoms with E-state index in [0.717, 1.165) is 26.5 Å². The fourth-order valence-electron chi connectivity index (χ4n) is 4.27. The van der Waals surface area contributed by atoms with Gasteiger partial charge in [0.05, 0.1) is 45.2 Å². The highest BCUT2D eigenvalue weighted by Gasteiger charge is 2.24. The van der Waals surface area contributed by atoms with Gasteiger partial charge >= 0.3 is 0 Å². The molecule has 0 N–H and O–H groups in total. The Balaban J connectivity index is 1.84. The summed E-state index contributed by atoms with van der Waals surface area (Å²) in [6, 6.07) is 15.0. The highest BCUT2D eigenvalue weighted by Crippen LogP contribution is 2.37. The van der Waals surface area contributed by atoms with Gasteiger partial charge in [-0.1, -0.05) is 15.9 Å². The number of hydrogen-bond acceptors (Lipinski definition) is 7. The number of nitro groups is 1. The van der Waals surface area contributed by atoms with Crippen LogP contribution in [0.3, 0.4) is 0 Å². The first-order chi connectivity index (χ1) is 18.3. The number of Topliss-reactive ketones (excluding diaryl/α,β-unsaturated/α-hetero) is 1. The van der Waals surface area contributed by atoms with Gasteiger partial charge in [-0.2, -0.15) is 4.57 Å². The van der Waals surface area contributed by atoms with Crippen LogP contribution >= 0.6 is 15.9 Å². The smallest absolute Gasteiger partial charge is 0.269 e. The van der Waals surface area contributed by atoms with Gasteiger partial charge in [-0.3, -0.25) is 14.9 Å². The predicted octanol–water partition coefficient (Wildman–Crippen LogP) is 5.31. The summed E-state index contributed by atoms with van der Waals surface area (Å²) in [5, 5.41) is 12.8. The lowest BCUT2D eigenvalue weighted by Crippen LogP contribution is -2.42. The third-order valence-corrected chi connectivity index (χ3v) is 7.01.